The summed E-state index contributed by atoms with van der Waals surface area (Å²) >= 11 is 0. The average Bonchev–Trinajstić information content (AvgIpc) is 2.26. The summed E-state index contributed by atoms with van der Waals surface area (Å²) < 4.78 is 9.75. The number of ether oxygens (including phenoxy) is 2. The van der Waals surface area contributed by atoms with Crippen LogP contribution in [0, 0.1) is 5.92 Å². The topological polar surface area (TPSA) is 52.6 Å². The molecule has 0 aromatic carbocycles. The number of unbranched alkanes of at least 4 members (excludes halogenated alkanes) is 1. The molecule has 0 aliphatic rings. The van der Waals surface area contributed by atoms with Gasteiger partial charge in [-0.25, -0.2) is 0 Å². The molecular formula is C16H32O4. The second-order valence-corrected chi connectivity index (χ2v) is 5.93. The maximum Gasteiger partial charge on any atom is 0.303 e. The van der Waals surface area contributed by atoms with Crippen molar-refractivity contribution in [2.45, 2.75) is 79.8 Å². The molecule has 1 unspecified atom stereocenters. The Labute approximate surface area is 124 Å². The molecule has 120 valence electrons. The maximum absolute atomic E-state index is 10.5. The highest BCUT2D eigenvalue weighted by molar-refractivity contribution is 5.66. The van der Waals surface area contributed by atoms with E-state index in [4.69, 9.17) is 9.47 Å². The largest absolute Gasteiger partial charge is 0.466 e. The van der Waals surface area contributed by atoms with Gasteiger partial charge in [-0.2, -0.15) is 0 Å². The van der Waals surface area contributed by atoms with Crippen LogP contribution in [0.3, 0.4) is 0 Å². The van der Waals surface area contributed by atoms with Crippen LogP contribution < -0.4 is 0 Å². The predicted molar refractivity (Wildman–Crippen MR) is 81.5 cm³/mol. The van der Waals surface area contributed by atoms with Crippen molar-refractivity contribution in [3.05, 3.63) is 0 Å². The van der Waals surface area contributed by atoms with Gasteiger partial charge in [0.2, 0.25) is 0 Å². The summed E-state index contributed by atoms with van der Waals surface area (Å²) in [7, 11) is 0. The average molecular weight is 288 g/mol. The minimum Gasteiger partial charge on any atom is -0.466 e. The first-order valence-corrected chi connectivity index (χ1v) is 7.45. The summed E-state index contributed by atoms with van der Waals surface area (Å²) in [5.41, 5.74) is -0.328. The van der Waals surface area contributed by atoms with Gasteiger partial charge in [0.1, 0.15) is 5.60 Å². The lowest BCUT2D eigenvalue weighted by Crippen LogP contribution is -2.21. The third kappa shape index (κ3) is 19.3. The van der Waals surface area contributed by atoms with Gasteiger partial charge in [0.25, 0.3) is 0 Å². The summed E-state index contributed by atoms with van der Waals surface area (Å²) in [5, 5.41) is 0. The van der Waals surface area contributed by atoms with Gasteiger partial charge in [-0.3, -0.25) is 9.59 Å². The fourth-order valence-electron chi connectivity index (χ4n) is 1.56. The predicted octanol–water partition coefficient (Wildman–Crippen LogP) is 4.11. The second-order valence-electron chi connectivity index (χ2n) is 5.93. The van der Waals surface area contributed by atoms with Crippen LogP contribution in [-0.4, -0.2) is 24.1 Å². The Morgan fingerprint density at radius 3 is 1.85 bits per heavy atom. The molecule has 0 bridgehead atoms. The monoisotopic (exact) mass is 288 g/mol. The highest BCUT2D eigenvalue weighted by Gasteiger charge is 2.11. The normalized spacial score (nSPS) is 11.9. The highest BCUT2D eigenvalue weighted by Crippen LogP contribution is 2.12. The third-order valence-electron chi connectivity index (χ3n) is 2.52. The van der Waals surface area contributed by atoms with Crippen LogP contribution in [0.1, 0.15) is 74.1 Å². The lowest BCUT2D eigenvalue weighted by molar-refractivity contribution is -0.152. The molecule has 1 atom stereocenters. The molecule has 4 heteroatoms. The third-order valence-corrected chi connectivity index (χ3v) is 2.52. The number of hydrogen-bond acceptors (Lipinski definition) is 4. The molecule has 0 aliphatic heterocycles. The Balaban J connectivity index is 0. The molecule has 0 aromatic rings. The van der Waals surface area contributed by atoms with Crippen LogP contribution in [0.5, 0.6) is 0 Å². The van der Waals surface area contributed by atoms with Gasteiger partial charge in [0.15, 0.2) is 0 Å². The van der Waals surface area contributed by atoms with E-state index >= 15 is 0 Å². The lowest BCUT2D eigenvalue weighted by Gasteiger charge is -2.17. The molecule has 0 spiro atoms. The Hall–Kier alpha value is -1.06. The Morgan fingerprint density at radius 1 is 1.05 bits per heavy atom. The minimum atomic E-state index is -0.328. The van der Waals surface area contributed by atoms with Crippen molar-refractivity contribution in [1.29, 1.82) is 0 Å². The fourth-order valence-corrected chi connectivity index (χ4v) is 1.56. The van der Waals surface area contributed by atoms with Crippen LogP contribution in [0.4, 0.5) is 0 Å². The Kier molecular flexibility index (Phi) is 12.5. The van der Waals surface area contributed by atoms with Crippen molar-refractivity contribution in [3.8, 4) is 0 Å². The lowest BCUT2D eigenvalue weighted by atomic mass is 10.0. The highest BCUT2D eigenvalue weighted by atomic mass is 16.6. The second kappa shape index (κ2) is 11.7. The van der Waals surface area contributed by atoms with E-state index in [0.29, 0.717) is 12.5 Å². The zero-order valence-electron chi connectivity index (χ0n) is 14.2. The molecule has 20 heavy (non-hydrogen) atoms. The van der Waals surface area contributed by atoms with Gasteiger partial charge < -0.3 is 9.47 Å². The molecule has 0 rings (SSSR count). The van der Waals surface area contributed by atoms with Crippen molar-refractivity contribution < 1.29 is 19.1 Å². The summed E-state index contributed by atoms with van der Waals surface area (Å²) in [6.45, 7) is 13.3. The Morgan fingerprint density at radius 2 is 1.60 bits per heavy atom. The number of esters is 2. The van der Waals surface area contributed by atoms with Crippen molar-refractivity contribution in [3.63, 3.8) is 0 Å². The summed E-state index contributed by atoms with van der Waals surface area (Å²) in [5.74, 6) is 0.177. The molecule has 0 heterocycles. The minimum absolute atomic E-state index is 0.162. The fraction of sp³-hybridized carbons (Fsp3) is 0.875. The van der Waals surface area contributed by atoms with Crippen LogP contribution >= 0.6 is 0 Å². The van der Waals surface area contributed by atoms with Crippen LogP contribution in [0.2, 0.25) is 0 Å². The molecule has 0 N–H and O–H groups in total. The van der Waals surface area contributed by atoms with E-state index in [-0.39, 0.29) is 17.5 Å². The van der Waals surface area contributed by atoms with E-state index < -0.39 is 0 Å². The molecule has 0 saturated heterocycles. The number of hydrogen-bond donors (Lipinski definition) is 0. The van der Waals surface area contributed by atoms with E-state index in [2.05, 4.69) is 13.8 Å². The summed E-state index contributed by atoms with van der Waals surface area (Å²) in [6, 6.07) is 0. The molecule has 0 fully saturated rings. The zero-order valence-corrected chi connectivity index (χ0v) is 14.2. The van der Waals surface area contributed by atoms with Crippen LogP contribution in [-0.2, 0) is 19.1 Å². The van der Waals surface area contributed by atoms with Gasteiger partial charge in [-0.1, -0.05) is 33.1 Å². The molecule has 0 aliphatic carbocycles. The van der Waals surface area contributed by atoms with E-state index in [0.717, 1.165) is 6.42 Å². The van der Waals surface area contributed by atoms with Crippen LogP contribution in [0.25, 0.3) is 0 Å². The molecular weight excluding hydrogens is 256 g/mol. The summed E-state index contributed by atoms with van der Waals surface area (Å²) in [4.78, 5) is 20.8. The van der Waals surface area contributed by atoms with Crippen molar-refractivity contribution >= 4 is 11.9 Å². The van der Waals surface area contributed by atoms with Gasteiger partial charge in [0.05, 0.1) is 6.61 Å². The van der Waals surface area contributed by atoms with Crippen molar-refractivity contribution in [1.82, 2.24) is 0 Å². The molecule has 0 aromatic heterocycles. The molecule has 0 radical (unpaired) electrons. The number of carbonyl (C=O) groups is 2. The standard InChI is InChI=1S/C10H20O2.C6H12O2/c1-4-6-7-10(5-2)8-12-9(3)11;1-5(7)8-6(2,3)4/h10H,4-8H2,1-3H3;1-4H3. The summed E-state index contributed by atoms with van der Waals surface area (Å²) in [6.07, 6.45) is 4.74. The van der Waals surface area contributed by atoms with E-state index in [1.165, 1.54) is 33.1 Å². The first-order valence-electron chi connectivity index (χ1n) is 7.45. The first-order chi connectivity index (χ1) is 9.12. The van der Waals surface area contributed by atoms with Gasteiger partial charge in [0, 0.05) is 13.8 Å². The van der Waals surface area contributed by atoms with Gasteiger partial charge >= 0.3 is 11.9 Å². The van der Waals surface area contributed by atoms with Crippen LogP contribution in [0.15, 0.2) is 0 Å². The first kappa shape index (κ1) is 21.2. The van der Waals surface area contributed by atoms with Crippen molar-refractivity contribution in [2.75, 3.05) is 6.61 Å². The number of rotatable bonds is 6. The van der Waals surface area contributed by atoms with E-state index in [1.54, 1.807) is 0 Å². The van der Waals surface area contributed by atoms with Gasteiger partial charge in [-0.15, -0.1) is 0 Å². The quantitative estimate of drug-likeness (QED) is 0.690. The molecule has 0 amide bonds. The molecule has 4 nitrogen and oxygen atoms in total. The van der Waals surface area contributed by atoms with Gasteiger partial charge in [-0.05, 0) is 33.1 Å². The van der Waals surface area contributed by atoms with Crippen molar-refractivity contribution in [2.24, 2.45) is 5.92 Å². The Bertz CT molecular complexity index is 266. The number of carbonyl (C=O) groups excluding carboxylic acids is 2. The molecule has 0 saturated carbocycles. The maximum atomic E-state index is 10.5. The van der Waals surface area contributed by atoms with E-state index in [9.17, 15) is 9.59 Å². The zero-order chi connectivity index (χ0) is 16.2. The smallest absolute Gasteiger partial charge is 0.303 e. The SMILES string of the molecule is CC(=O)OC(C)(C)C.CCCCC(CC)COC(C)=O. The van der Waals surface area contributed by atoms with E-state index in [1.807, 2.05) is 20.8 Å².